The normalized spacial score (nSPS) is 19.2. The summed E-state index contributed by atoms with van der Waals surface area (Å²) in [5.74, 6) is 0. The van der Waals surface area contributed by atoms with Gasteiger partial charge in [0.05, 0.1) is 0 Å². The Hall–Kier alpha value is -0.340. The van der Waals surface area contributed by atoms with Crippen LogP contribution in [0.4, 0.5) is 4.79 Å². The smallest absolute Gasteiger partial charge is 0.407 e. The van der Waals surface area contributed by atoms with E-state index in [2.05, 4.69) is 66.9 Å². The van der Waals surface area contributed by atoms with Gasteiger partial charge in [0.25, 0.3) is 0 Å². The molecule has 0 aromatic heterocycles. The van der Waals surface area contributed by atoms with Gasteiger partial charge in [-0.1, -0.05) is 6.07 Å². The average Bonchev–Trinajstić information content (AvgIpc) is 2.78. The molecule has 22 heavy (non-hydrogen) atoms. The Morgan fingerprint density at radius 2 is 2.23 bits per heavy atom. The van der Waals surface area contributed by atoms with Gasteiger partial charge in [-0.05, 0) is 83.4 Å². The number of hydrogen-bond donors (Lipinski definition) is 1. The van der Waals surface area contributed by atoms with Gasteiger partial charge < -0.3 is 10.1 Å². The van der Waals surface area contributed by atoms with E-state index in [-0.39, 0.29) is 12.1 Å². The van der Waals surface area contributed by atoms with Gasteiger partial charge in [-0.3, -0.25) is 4.90 Å². The predicted molar refractivity (Wildman–Crippen MR) is 99.9 cm³/mol. The van der Waals surface area contributed by atoms with Gasteiger partial charge >= 0.3 is 6.09 Å². The summed E-state index contributed by atoms with van der Waals surface area (Å²) in [6.45, 7) is 8.39. The van der Waals surface area contributed by atoms with E-state index in [1.165, 1.54) is 9.13 Å². The van der Waals surface area contributed by atoms with Crippen molar-refractivity contribution in [2.75, 3.05) is 13.1 Å². The zero-order chi connectivity index (χ0) is 16.3. The standard InChI is InChI=1S/C16H22BrIN2O2/c1-16(2,3)22-15(21)19-12-6-7-20(10-12)9-11-4-5-14(18)13(17)8-11/h4-5,8,12H,6-7,9-10H2,1-3H3,(H,19,21)/t12-/m0/s1. The number of halogens is 2. The summed E-state index contributed by atoms with van der Waals surface area (Å²) >= 11 is 5.88. The zero-order valence-corrected chi connectivity index (χ0v) is 16.9. The molecule has 1 atom stereocenters. The second-order valence-corrected chi connectivity index (χ2v) is 8.63. The van der Waals surface area contributed by atoms with Crippen LogP contribution in [0.5, 0.6) is 0 Å². The highest BCUT2D eigenvalue weighted by Gasteiger charge is 2.26. The summed E-state index contributed by atoms with van der Waals surface area (Å²) in [5.41, 5.74) is 0.834. The summed E-state index contributed by atoms with van der Waals surface area (Å²) in [6, 6.07) is 6.60. The van der Waals surface area contributed by atoms with Crippen molar-refractivity contribution in [3.05, 3.63) is 31.8 Å². The van der Waals surface area contributed by atoms with Crippen LogP contribution in [0.25, 0.3) is 0 Å². The van der Waals surface area contributed by atoms with Crippen molar-refractivity contribution in [2.45, 2.75) is 45.4 Å². The molecule has 2 rings (SSSR count). The van der Waals surface area contributed by atoms with Gasteiger partial charge in [0.15, 0.2) is 0 Å². The first-order valence-corrected chi connectivity index (χ1v) is 9.26. The Labute approximate surface area is 154 Å². The lowest BCUT2D eigenvalue weighted by molar-refractivity contribution is 0.0506. The Balaban J connectivity index is 1.82. The first-order chi connectivity index (χ1) is 10.2. The first kappa shape index (κ1) is 18.0. The maximum atomic E-state index is 11.8. The predicted octanol–water partition coefficient (Wildman–Crippen LogP) is 4.15. The van der Waals surface area contributed by atoms with Crippen LogP contribution in [0.3, 0.4) is 0 Å². The fourth-order valence-electron chi connectivity index (χ4n) is 2.46. The van der Waals surface area contributed by atoms with E-state index >= 15 is 0 Å². The van der Waals surface area contributed by atoms with Crippen LogP contribution in [0.2, 0.25) is 0 Å². The van der Waals surface area contributed by atoms with E-state index in [9.17, 15) is 4.79 Å². The number of rotatable bonds is 3. The lowest BCUT2D eigenvalue weighted by Gasteiger charge is -2.22. The van der Waals surface area contributed by atoms with Gasteiger partial charge in [-0.15, -0.1) is 0 Å². The number of ether oxygens (including phenoxy) is 1. The summed E-state index contributed by atoms with van der Waals surface area (Å²) < 4.78 is 7.65. The molecule has 1 N–H and O–H groups in total. The van der Waals surface area contributed by atoms with Crippen LogP contribution in [0.15, 0.2) is 22.7 Å². The highest BCUT2D eigenvalue weighted by Crippen LogP contribution is 2.22. The van der Waals surface area contributed by atoms with Crippen LogP contribution in [0, 0.1) is 3.57 Å². The number of carbonyl (C=O) groups is 1. The third-order valence-corrected chi connectivity index (χ3v) is 5.72. The molecule has 0 radical (unpaired) electrons. The molecule has 4 nitrogen and oxygen atoms in total. The zero-order valence-electron chi connectivity index (χ0n) is 13.2. The number of alkyl carbamates (subject to hydrolysis) is 1. The number of benzene rings is 1. The van der Waals surface area contributed by atoms with Crippen LogP contribution in [0.1, 0.15) is 32.8 Å². The Morgan fingerprint density at radius 3 is 2.86 bits per heavy atom. The SMILES string of the molecule is CC(C)(C)OC(=O)N[C@H]1CCN(Cc2ccc(I)c(Br)c2)C1. The number of carbonyl (C=O) groups excluding carboxylic acids is 1. The molecule has 0 unspecified atom stereocenters. The molecule has 0 aliphatic carbocycles. The molecule has 1 fully saturated rings. The maximum Gasteiger partial charge on any atom is 0.407 e. The second kappa shape index (κ2) is 7.49. The molecule has 1 saturated heterocycles. The molecule has 1 aromatic carbocycles. The molecular formula is C16H22BrIN2O2. The molecule has 0 saturated carbocycles. The van der Waals surface area contributed by atoms with Gasteiger partial charge in [0, 0.05) is 33.7 Å². The lowest BCUT2D eigenvalue weighted by atomic mass is 10.2. The van der Waals surface area contributed by atoms with E-state index in [1.807, 2.05) is 20.8 Å². The summed E-state index contributed by atoms with van der Waals surface area (Å²) in [4.78, 5) is 14.2. The highest BCUT2D eigenvalue weighted by atomic mass is 127. The van der Waals surface area contributed by atoms with Crippen LogP contribution in [-0.2, 0) is 11.3 Å². The topological polar surface area (TPSA) is 41.6 Å². The monoisotopic (exact) mass is 480 g/mol. The van der Waals surface area contributed by atoms with E-state index in [4.69, 9.17) is 4.74 Å². The third-order valence-electron chi connectivity index (χ3n) is 3.38. The molecule has 122 valence electrons. The van der Waals surface area contributed by atoms with Gasteiger partial charge in [0.1, 0.15) is 5.60 Å². The van der Waals surface area contributed by atoms with Gasteiger partial charge in [-0.25, -0.2) is 4.79 Å². The fraction of sp³-hybridized carbons (Fsp3) is 0.562. The number of likely N-dealkylation sites (tertiary alicyclic amines) is 1. The second-order valence-electron chi connectivity index (χ2n) is 6.62. The number of nitrogens with zero attached hydrogens (tertiary/aromatic N) is 1. The quantitative estimate of drug-likeness (QED) is 0.660. The van der Waals surface area contributed by atoms with Crippen molar-refractivity contribution in [2.24, 2.45) is 0 Å². The minimum Gasteiger partial charge on any atom is -0.444 e. The molecule has 1 amide bonds. The van der Waals surface area contributed by atoms with Crippen LogP contribution in [-0.4, -0.2) is 35.7 Å². The van der Waals surface area contributed by atoms with Crippen molar-refractivity contribution in [3.63, 3.8) is 0 Å². The highest BCUT2D eigenvalue weighted by molar-refractivity contribution is 14.1. The van der Waals surface area contributed by atoms with Gasteiger partial charge in [-0.2, -0.15) is 0 Å². The minimum atomic E-state index is -0.449. The van der Waals surface area contributed by atoms with Crippen LogP contribution >= 0.6 is 38.5 Å². The number of hydrogen-bond acceptors (Lipinski definition) is 3. The minimum absolute atomic E-state index is 0.169. The van der Waals surface area contributed by atoms with E-state index < -0.39 is 5.60 Å². The Morgan fingerprint density at radius 1 is 1.50 bits per heavy atom. The summed E-state index contributed by atoms with van der Waals surface area (Å²) in [5, 5.41) is 2.96. The van der Waals surface area contributed by atoms with Crippen molar-refractivity contribution >= 4 is 44.6 Å². The molecular weight excluding hydrogens is 459 g/mol. The first-order valence-electron chi connectivity index (χ1n) is 7.39. The summed E-state index contributed by atoms with van der Waals surface area (Å²) in [6.07, 6.45) is 0.640. The molecule has 1 aromatic rings. The van der Waals surface area contributed by atoms with Crippen molar-refractivity contribution < 1.29 is 9.53 Å². The molecule has 0 bridgehead atoms. The molecule has 1 aliphatic rings. The molecule has 6 heteroatoms. The molecule has 1 heterocycles. The van der Waals surface area contributed by atoms with E-state index in [0.29, 0.717) is 0 Å². The van der Waals surface area contributed by atoms with E-state index in [0.717, 1.165) is 30.5 Å². The van der Waals surface area contributed by atoms with Gasteiger partial charge in [0.2, 0.25) is 0 Å². The molecule has 1 aliphatic heterocycles. The van der Waals surface area contributed by atoms with Crippen molar-refractivity contribution in [1.29, 1.82) is 0 Å². The van der Waals surface area contributed by atoms with Crippen molar-refractivity contribution in [3.8, 4) is 0 Å². The third kappa shape index (κ3) is 5.70. The van der Waals surface area contributed by atoms with Crippen LogP contribution < -0.4 is 5.32 Å². The maximum absolute atomic E-state index is 11.8. The lowest BCUT2D eigenvalue weighted by Crippen LogP contribution is -2.40. The fourth-order valence-corrected chi connectivity index (χ4v) is 3.23. The Bertz CT molecular complexity index is 545. The number of amides is 1. The largest absolute Gasteiger partial charge is 0.444 e. The summed E-state index contributed by atoms with van der Waals surface area (Å²) in [7, 11) is 0. The molecule has 0 spiro atoms. The Kier molecular flexibility index (Phi) is 6.13. The van der Waals surface area contributed by atoms with E-state index in [1.54, 1.807) is 0 Å². The average molecular weight is 481 g/mol. The van der Waals surface area contributed by atoms with Crippen molar-refractivity contribution in [1.82, 2.24) is 10.2 Å². The number of nitrogens with one attached hydrogen (secondary N) is 1.